The van der Waals surface area contributed by atoms with Crippen molar-refractivity contribution < 1.29 is 4.48 Å². The summed E-state index contributed by atoms with van der Waals surface area (Å²) in [5.74, 6) is 0. The molecule has 0 aromatic carbocycles. The number of nitrogens with zero attached hydrogens (tertiary/aromatic N) is 1. The highest BCUT2D eigenvalue weighted by Gasteiger charge is 2.13. The number of allylic oxidation sites excluding steroid dienone is 2. The maximum Gasteiger partial charge on any atom is 0.104 e. The summed E-state index contributed by atoms with van der Waals surface area (Å²) in [4.78, 5) is 0. The van der Waals surface area contributed by atoms with Crippen LogP contribution in [0.4, 0.5) is 0 Å². The van der Waals surface area contributed by atoms with E-state index in [1.807, 2.05) is 18.2 Å². The molecule has 0 saturated carbocycles. The minimum Gasteiger partial charge on any atom is -0.325 e. The van der Waals surface area contributed by atoms with Crippen molar-refractivity contribution in [1.29, 1.82) is 0 Å². The van der Waals surface area contributed by atoms with Crippen LogP contribution >= 0.6 is 0 Å². The fourth-order valence-corrected chi connectivity index (χ4v) is 1.52. The molecular formula is C12H22N+. The average molecular weight is 180 g/mol. The average Bonchev–Trinajstić information content (AvgIpc) is 2.03. The highest BCUT2D eigenvalue weighted by Crippen LogP contribution is 2.06. The van der Waals surface area contributed by atoms with Gasteiger partial charge in [-0.05, 0) is 6.42 Å². The molecule has 0 amide bonds. The van der Waals surface area contributed by atoms with Crippen LogP contribution in [0, 0.1) is 0 Å². The summed E-state index contributed by atoms with van der Waals surface area (Å²) in [7, 11) is 4.48. The second-order valence-corrected chi connectivity index (χ2v) is 4.00. The fourth-order valence-electron chi connectivity index (χ4n) is 1.52. The van der Waals surface area contributed by atoms with Gasteiger partial charge < -0.3 is 4.48 Å². The second-order valence-electron chi connectivity index (χ2n) is 4.00. The third kappa shape index (κ3) is 5.42. The first-order valence-electron chi connectivity index (χ1n) is 4.81. The van der Waals surface area contributed by atoms with Gasteiger partial charge in [0.05, 0.1) is 20.6 Å². The molecule has 0 spiro atoms. The van der Waals surface area contributed by atoms with Crippen molar-refractivity contribution >= 4 is 0 Å². The van der Waals surface area contributed by atoms with E-state index in [9.17, 15) is 0 Å². The molecular weight excluding hydrogens is 158 g/mol. The van der Waals surface area contributed by atoms with E-state index in [-0.39, 0.29) is 0 Å². The van der Waals surface area contributed by atoms with Gasteiger partial charge in [0, 0.05) is 5.57 Å². The summed E-state index contributed by atoms with van der Waals surface area (Å²) >= 11 is 0. The molecule has 0 fully saturated rings. The van der Waals surface area contributed by atoms with Gasteiger partial charge in [0.15, 0.2) is 0 Å². The summed E-state index contributed by atoms with van der Waals surface area (Å²) < 4.78 is 1.02. The Labute approximate surface area is 82.7 Å². The van der Waals surface area contributed by atoms with Crippen molar-refractivity contribution in [2.75, 3.05) is 27.2 Å². The molecule has 0 heterocycles. The molecule has 0 aliphatic carbocycles. The van der Waals surface area contributed by atoms with E-state index in [1.54, 1.807) is 0 Å². The lowest BCUT2D eigenvalue weighted by Gasteiger charge is -2.29. The van der Waals surface area contributed by atoms with Crippen LogP contribution in [-0.2, 0) is 0 Å². The lowest BCUT2D eigenvalue weighted by atomic mass is 10.2. The first-order chi connectivity index (χ1) is 6.05. The van der Waals surface area contributed by atoms with Gasteiger partial charge in [-0.3, -0.25) is 0 Å². The van der Waals surface area contributed by atoms with Gasteiger partial charge >= 0.3 is 0 Å². The molecule has 1 heteroatoms. The van der Waals surface area contributed by atoms with E-state index in [4.69, 9.17) is 0 Å². The molecule has 0 rings (SSSR count). The molecule has 1 nitrogen and oxygen atoms in total. The Hall–Kier alpha value is -0.820. The Morgan fingerprint density at radius 1 is 1.31 bits per heavy atom. The molecule has 0 aliphatic rings. The van der Waals surface area contributed by atoms with Gasteiger partial charge in [-0.15, -0.1) is 0 Å². The van der Waals surface area contributed by atoms with Crippen molar-refractivity contribution in [3.8, 4) is 0 Å². The van der Waals surface area contributed by atoms with Gasteiger partial charge in [-0.2, -0.15) is 0 Å². The highest BCUT2D eigenvalue weighted by molar-refractivity contribution is 5.21. The van der Waals surface area contributed by atoms with Crippen LogP contribution in [0.25, 0.3) is 0 Å². The number of hydrogen-bond acceptors (Lipinski definition) is 0. The molecule has 0 aliphatic heterocycles. The van der Waals surface area contributed by atoms with E-state index >= 15 is 0 Å². The maximum atomic E-state index is 3.80. The van der Waals surface area contributed by atoms with E-state index in [1.165, 1.54) is 18.5 Å². The lowest BCUT2D eigenvalue weighted by Crippen LogP contribution is -2.41. The summed E-state index contributed by atoms with van der Waals surface area (Å²) in [6, 6.07) is 0. The monoisotopic (exact) mass is 180 g/mol. The van der Waals surface area contributed by atoms with Crippen LogP contribution in [-0.4, -0.2) is 31.7 Å². The molecule has 0 radical (unpaired) electrons. The zero-order chi connectivity index (χ0) is 10.3. The summed E-state index contributed by atoms with van der Waals surface area (Å²) in [5, 5.41) is 0. The molecule has 0 aromatic rings. The zero-order valence-electron chi connectivity index (χ0n) is 9.21. The number of likely N-dealkylation sites (N-methyl/N-ethyl adjacent to an activating group) is 1. The number of quaternary nitrogens is 1. The lowest BCUT2D eigenvalue weighted by molar-refractivity contribution is -0.885. The summed E-state index contributed by atoms with van der Waals surface area (Å²) in [6.45, 7) is 11.9. The van der Waals surface area contributed by atoms with Crippen molar-refractivity contribution in [3.63, 3.8) is 0 Å². The fraction of sp³-hybridized carbons (Fsp3) is 0.500. The molecule has 13 heavy (non-hydrogen) atoms. The Morgan fingerprint density at radius 3 is 2.31 bits per heavy atom. The minimum atomic E-state index is 1.02. The molecule has 0 aromatic heterocycles. The van der Waals surface area contributed by atoms with Crippen LogP contribution in [0.5, 0.6) is 0 Å². The highest BCUT2D eigenvalue weighted by atomic mass is 15.3. The number of hydrogen-bond donors (Lipinski definition) is 0. The largest absolute Gasteiger partial charge is 0.325 e. The minimum absolute atomic E-state index is 1.02. The SMILES string of the molecule is C=C/C=C(\C=C)C[N+](C)(C)CCC. The van der Waals surface area contributed by atoms with Crippen molar-refractivity contribution in [3.05, 3.63) is 37.0 Å². The predicted molar refractivity (Wildman–Crippen MR) is 60.6 cm³/mol. The first kappa shape index (κ1) is 12.2. The zero-order valence-corrected chi connectivity index (χ0v) is 9.21. The van der Waals surface area contributed by atoms with E-state index < -0.39 is 0 Å². The molecule has 0 N–H and O–H groups in total. The quantitative estimate of drug-likeness (QED) is 0.435. The van der Waals surface area contributed by atoms with Crippen LogP contribution in [0.3, 0.4) is 0 Å². The Balaban J connectivity index is 4.29. The van der Waals surface area contributed by atoms with Crippen molar-refractivity contribution in [2.24, 2.45) is 0 Å². The van der Waals surface area contributed by atoms with Gasteiger partial charge in [0.25, 0.3) is 0 Å². The van der Waals surface area contributed by atoms with Gasteiger partial charge in [0.2, 0.25) is 0 Å². The van der Waals surface area contributed by atoms with Crippen LogP contribution in [0.2, 0.25) is 0 Å². The van der Waals surface area contributed by atoms with Crippen molar-refractivity contribution in [2.45, 2.75) is 13.3 Å². The summed E-state index contributed by atoms with van der Waals surface area (Å²) in [6.07, 6.45) is 6.98. The predicted octanol–water partition coefficient (Wildman–Crippen LogP) is 2.77. The molecule has 0 bridgehead atoms. The van der Waals surface area contributed by atoms with Crippen LogP contribution in [0.15, 0.2) is 37.0 Å². The first-order valence-corrected chi connectivity index (χ1v) is 4.81. The standard InChI is InChI=1S/C12H22N/c1-6-9-12(8-3)11-13(4,5)10-7-2/h6,8-9H,1,3,7,10-11H2,2,4-5H3/q+1/b12-9+. The van der Waals surface area contributed by atoms with Gasteiger partial charge in [0.1, 0.15) is 6.54 Å². The number of rotatable bonds is 6. The van der Waals surface area contributed by atoms with Gasteiger partial charge in [-0.25, -0.2) is 0 Å². The smallest absolute Gasteiger partial charge is 0.104 e. The molecule has 0 unspecified atom stereocenters. The Morgan fingerprint density at radius 2 is 1.92 bits per heavy atom. The maximum absolute atomic E-state index is 3.80. The molecule has 74 valence electrons. The normalized spacial score (nSPS) is 12.7. The third-order valence-electron chi connectivity index (χ3n) is 2.03. The molecule has 0 saturated heterocycles. The van der Waals surface area contributed by atoms with Gasteiger partial charge in [-0.1, -0.05) is 38.3 Å². The van der Waals surface area contributed by atoms with Crippen LogP contribution < -0.4 is 0 Å². The third-order valence-corrected chi connectivity index (χ3v) is 2.03. The van der Waals surface area contributed by atoms with Crippen LogP contribution in [0.1, 0.15) is 13.3 Å². The second kappa shape index (κ2) is 5.76. The van der Waals surface area contributed by atoms with E-state index in [0.29, 0.717) is 0 Å². The van der Waals surface area contributed by atoms with Crippen molar-refractivity contribution in [1.82, 2.24) is 0 Å². The van der Waals surface area contributed by atoms with E-state index in [2.05, 4.69) is 34.2 Å². The Bertz CT molecular complexity index is 199. The van der Waals surface area contributed by atoms with E-state index in [0.717, 1.165) is 11.0 Å². The molecule has 0 atom stereocenters. The topological polar surface area (TPSA) is 0 Å². The summed E-state index contributed by atoms with van der Waals surface area (Å²) in [5.41, 5.74) is 1.26. The Kier molecular flexibility index (Phi) is 5.40.